The predicted molar refractivity (Wildman–Crippen MR) is 208 cm³/mol. The summed E-state index contributed by atoms with van der Waals surface area (Å²) in [4.78, 5) is 50.1. The Labute approximate surface area is 313 Å². The summed E-state index contributed by atoms with van der Waals surface area (Å²) in [5.41, 5.74) is 2.63. The maximum atomic E-state index is 13.5. The van der Waals surface area contributed by atoms with Crippen LogP contribution in [0.2, 0.25) is 0 Å². The second kappa shape index (κ2) is 18.3. The van der Waals surface area contributed by atoms with E-state index in [1.807, 2.05) is 60.7 Å². The molecular formula is C42H54N4O5S. The van der Waals surface area contributed by atoms with E-state index in [1.54, 1.807) is 40.1 Å². The first kappa shape index (κ1) is 40.2. The predicted octanol–water partition coefficient (Wildman–Crippen LogP) is 9.23. The third-order valence-electron chi connectivity index (χ3n) is 8.33. The van der Waals surface area contributed by atoms with Crippen LogP contribution in [-0.2, 0) is 19.7 Å². The van der Waals surface area contributed by atoms with Crippen molar-refractivity contribution in [1.82, 2.24) is 20.6 Å². The maximum Gasteiger partial charge on any atom is 0.328 e. The van der Waals surface area contributed by atoms with Crippen molar-refractivity contribution in [3.8, 4) is 28.3 Å². The highest BCUT2D eigenvalue weighted by Crippen LogP contribution is 2.30. The molecule has 0 bridgehead atoms. The smallest absolute Gasteiger partial charge is 0.328 e. The molecule has 0 aliphatic rings. The molecule has 2 heterocycles. The van der Waals surface area contributed by atoms with Gasteiger partial charge in [0, 0.05) is 28.4 Å². The van der Waals surface area contributed by atoms with Crippen molar-refractivity contribution in [3.63, 3.8) is 0 Å². The first-order chi connectivity index (χ1) is 24.6. The Morgan fingerprint density at radius 3 is 2.00 bits per heavy atom. The van der Waals surface area contributed by atoms with Gasteiger partial charge in [-0.2, -0.15) is 0 Å². The summed E-state index contributed by atoms with van der Waals surface area (Å²) in [5.74, 6) is 0.209. The lowest BCUT2D eigenvalue weighted by Crippen LogP contribution is -2.43. The molecule has 0 aliphatic carbocycles. The van der Waals surface area contributed by atoms with E-state index in [0.717, 1.165) is 45.9 Å². The van der Waals surface area contributed by atoms with Gasteiger partial charge in [-0.3, -0.25) is 9.59 Å². The van der Waals surface area contributed by atoms with E-state index in [-0.39, 0.29) is 17.7 Å². The van der Waals surface area contributed by atoms with Crippen molar-refractivity contribution in [2.75, 3.05) is 6.61 Å². The van der Waals surface area contributed by atoms with Crippen molar-refractivity contribution in [2.24, 2.45) is 0 Å². The van der Waals surface area contributed by atoms with Gasteiger partial charge in [-0.15, -0.1) is 11.3 Å². The minimum Gasteiger partial charge on any atom is -0.494 e. The molecule has 2 aromatic heterocycles. The van der Waals surface area contributed by atoms with Gasteiger partial charge in [-0.25, -0.2) is 14.8 Å². The SMILES string of the molecule is CCCCCCCOc1ccc(-c2cnc(-c3ccc([C@H](CC(=O)N[C@H](C)C(=O)OC(C)(C)C)NC(=O)c4ccc(C(C)(C)C)s4)cc3)nc2)cc1. The zero-order valence-corrected chi connectivity index (χ0v) is 32.7. The molecule has 52 heavy (non-hydrogen) atoms. The number of carbonyl (C=O) groups is 3. The summed E-state index contributed by atoms with van der Waals surface area (Å²) in [6.45, 7) is 16.1. The second-order valence-electron chi connectivity index (χ2n) is 15.2. The van der Waals surface area contributed by atoms with E-state index in [2.05, 4.69) is 48.3 Å². The van der Waals surface area contributed by atoms with Gasteiger partial charge in [0.15, 0.2) is 5.82 Å². The molecule has 0 saturated heterocycles. The number of hydrogen-bond acceptors (Lipinski definition) is 8. The fourth-order valence-electron chi connectivity index (χ4n) is 5.41. The second-order valence-corrected chi connectivity index (χ2v) is 16.3. The minimum atomic E-state index is -0.853. The summed E-state index contributed by atoms with van der Waals surface area (Å²) in [7, 11) is 0. The zero-order valence-electron chi connectivity index (χ0n) is 31.9. The Bertz CT molecular complexity index is 1750. The summed E-state index contributed by atoms with van der Waals surface area (Å²) < 4.78 is 11.3. The Morgan fingerprint density at radius 2 is 1.40 bits per heavy atom. The molecule has 0 spiro atoms. The summed E-state index contributed by atoms with van der Waals surface area (Å²) in [6, 6.07) is 17.7. The number of rotatable bonds is 16. The van der Waals surface area contributed by atoms with Gasteiger partial charge in [0.05, 0.1) is 23.9 Å². The average Bonchev–Trinajstić information content (AvgIpc) is 3.61. The molecule has 0 aliphatic heterocycles. The number of nitrogens with zero attached hydrogens (tertiary/aromatic N) is 2. The number of carbonyl (C=O) groups excluding carboxylic acids is 3. The molecule has 0 saturated carbocycles. The van der Waals surface area contributed by atoms with Crippen molar-refractivity contribution in [3.05, 3.63) is 88.4 Å². The zero-order chi connectivity index (χ0) is 37.9. The molecule has 2 N–H and O–H groups in total. The molecular weight excluding hydrogens is 673 g/mol. The molecule has 4 aromatic rings. The van der Waals surface area contributed by atoms with Crippen LogP contribution in [0.5, 0.6) is 5.75 Å². The number of hydrogen-bond donors (Lipinski definition) is 2. The van der Waals surface area contributed by atoms with Gasteiger partial charge in [0.1, 0.15) is 17.4 Å². The van der Waals surface area contributed by atoms with Crippen molar-refractivity contribution in [1.29, 1.82) is 0 Å². The largest absolute Gasteiger partial charge is 0.494 e. The van der Waals surface area contributed by atoms with Crippen molar-refractivity contribution < 1.29 is 23.9 Å². The van der Waals surface area contributed by atoms with Gasteiger partial charge in [0.2, 0.25) is 5.91 Å². The number of esters is 1. The van der Waals surface area contributed by atoms with Crippen LogP contribution in [0, 0.1) is 0 Å². The lowest BCUT2D eigenvalue weighted by Gasteiger charge is -2.24. The topological polar surface area (TPSA) is 120 Å². The van der Waals surface area contributed by atoms with Crippen LogP contribution < -0.4 is 15.4 Å². The maximum absolute atomic E-state index is 13.5. The third-order valence-corrected chi connectivity index (χ3v) is 9.84. The van der Waals surface area contributed by atoms with Crippen molar-refractivity contribution >= 4 is 29.1 Å². The number of benzene rings is 2. The standard InChI is InChI=1S/C42H54N4O5S/c1-9-10-11-12-13-24-50-33-20-18-29(19-21-33)32-26-43-38(44-27-32)31-16-14-30(15-17-31)34(25-37(47)45-28(2)40(49)51-42(6,7)8)46-39(48)35-22-23-36(52-35)41(3,4)5/h14-23,26-28,34H,9-13,24-25H2,1-8H3,(H,45,47)(H,46,48)/t28-,34+/m1/s1. The molecule has 2 atom stereocenters. The number of thiophene rings is 1. The normalized spacial score (nSPS) is 12.8. The highest BCUT2D eigenvalue weighted by atomic mass is 32.1. The summed E-state index contributed by atoms with van der Waals surface area (Å²) in [6.07, 6.45) is 9.53. The van der Waals surface area contributed by atoms with Crippen LogP contribution in [0.4, 0.5) is 0 Å². The molecule has 0 unspecified atom stereocenters. The summed E-state index contributed by atoms with van der Waals surface area (Å²) in [5, 5.41) is 5.78. The number of unbranched alkanes of at least 4 members (excludes halogenated alkanes) is 4. The Morgan fingerprint density at radius 1 is 0.769 bits per heavy atom. The van der Waals surface area contributed by atoms with Crippen molar-refractivity contribution in [2.45, 2.75) is 117 Å². The van der Waals surface area contributed by atoms with Gasteiger partial charge in [0.25, 0.3) is 5.91 Å². The van der Waals surface area contributed by atoms with Crippen LogP contribution in [-0.4, -0.2) is 46.0 Å². The van der Waals surface area contributed by atoms with E-state index in [9.17, 15) is 14.4 Å². The Balaban J connectivity index is 1.45. The van der Waals surface area contributed by atoms with E-state index in [1.165, 1.54) is 37.0 Å². The number of amides is 2. The van der Waals surface area contributed by atoms with Gasteiger partial charge >= 0.3 is 5.97 Å². The van der Waals surface area contributed by atoms with Gasteiger partial charge < -0.3 is 20.1 Å². The molecule has 2 amide bonds. The van der Waals surface area contributed by atoms with E-state index in [0.29, 0.717) is 10.7 Å². The first-order valence-electron chi connectivity index (χ1n) is 18.2. The lowest BCUT2D eigenvalue weighted by atomic mass is 9.95. The highest BCUT2D eigenvalue weighted by Gasteiger charge is 2.26. The molecule has 0 fully saturated rings. The van der Waals surface area contributed by atoms with E-state index >= 15 is 0 Å². The van der Waals surface area contributed by atoms with E-state index < -0.39 is 29.6 Å². The van der Waals surface area contributed by atoms with E-state index in [4.69, 9.17) is 9.47 Å². The number of ether oxygens (including phenoxy) is 2. The van der Waals surface area contributed by atoms with Crippen LogP contribution in [0.1, 0.15) is 120 Å². The highest BCUT2D eigenvalue weighted by molar-refractivity contribution is 7.14. The number of nitrogens with one attached hydrogen (secondary N) is 2. The molecule has 2 aromatic carbocycles. The van der Waals surface area contributed by atoms with Gasteiger partial charge in [-0.1, -0.05) is 89.8 Å². The fraction of sp³-hybridized carbons (Fsp3) is 0.452. The Hall–Kier alpha value is -4.57. The average molecular weight is 727 g/mol. The monoisotopic (exact) mass is 726 g/mol. The van der Waals surface area contributed by atoms with Crippen LogP contribution in [0.25, 0.3) is 22.5 Å². The third kappa shape index (κ3) is 12.3. The Kier molecular flexibility index (Phi) is 14.1. The van der Waals surface area contributed by atoms with Gasteiger partial charge in [-0.05, 0) is 74.9 Å². The quantitative estimate of drug-likeness (QED) is 0.0873. The molecule has 278 valence electrons. The fourth-order valence-corrected chi connectivity index (χ4v) is 6.38. The summed E-state index contributed by atoms with van der Waals surface area (Å²) >= 11 is 1.43. The first-order valence-corrected chi connectivity index (χ1v) is 19.0. The number of aromatic nitrogens is 2. The van der Waals surface area contributed by atoms with Crippen LogP contribution in [0.15, 0.2) is 73.1 Å². The minimum absolute atomic E-state index is 0.0796. The molecule has 10 heteroatoms. The molecule has 4 rings (SSSR count). The van der Waals surface area contributed by atoms with Crippen LogP contribution in [0.3, 0.4) is 0 Å². The van der Waals surface area contributed by atoms with Crippen LogP contribution >= 0.6 is 11.3 Å². The lowest BCUT2D eigenvalue weighted by molar-refractivity contribution is -0.158. The molecule has 0 radical (unpaired) electrons. The molecule has 9 nitrogen and oxygen atoms in total.